The van der Waals surface area contributed by atoms with E-state index in [1.54, 1.807) is 62.6 Å². The highest BCUT2D eigenvalue weighted by Gasteiger charge is 2.35. The Morgan fingerprint density at radius 2 is 1.73 bits per heavy atom. The van der Waals surface area contributed by atoms with Gasteiger partial charge < -0.3 is 18.9 Å². The fourth-order valence-corrected chi connectivity index (χ4v) is 7.28. The third-order valence-electron chi connectivity index (χ3n) is 6.85. The number of fused-ring (bicyclic) bond motifs is 1. The third-order valence-corrected chi connectivity index (χ3v) is 9.46. The summed E-state index contributed by atoms with van der Waals surface area (Å²) in [5, 5.41) is 1.46. The molecule has 0 aliphatic carbocycles. The molecule has 4 aromatic rings. The lowest BCUT2D eigenvalue weighted by atomic mass is 9.95. The van der Waals surface area contributed by atoms with Gasteiger partial charge in [0.1, 0.15) is 18.4 Å². The van der Waals surface area contributed by atoms with E-state index in [1.807, 2.05) is 6.07 Å². The zero-order valence-electron chi connectivity index (χ0n) is 23.7. The highest BCUT2D eigenvalue weighted by molar-refractivity contribution is 14.1. The summed E-state index contributed by atoms with van der Waals surface area (Å²) < 4.78 is 25.0. The SMILES string of the molecule is COC(=O)C1=C(C)N=c2s/c(=C\c3cc(I)c(OCc4ccc(Cl)cc4Cl)c(OC)c3)c(=O)n2[C@@H]1c1cc(Cl)ccc1OC. The molecule has 0 saturated carbocycles. The van der Waals surface area contributed by atoms with Gasteiger partial charge in [-0.2, -0.15) is 0 Å². The summed E-state index contributed by atoms with van der Waals surface area (Å²) in [7, 11) is 4.34. The van der Waals surface area contributed by atoms with E-state index in [-0.39, 0.29) is 17.7 Å². The molecule has 0 N–H and O–H groups in total. The van der Waals surface area contributed by atoms with Crippen LogP contribution in [0.2, 0.25) is 15.1 Å². The second-order valence-electron chi connectivity index (χ2n) is 9.52. The number of hydrogen-bond donors (Lipinski definition) is 0. The first kappa shape index (κ1) is 32.4. The smallest absolute Gasteiger partial charge is 0.338 e. The highest BCUT2D eigenvalue weighted by atomic mass is 127. The highest BCUT2D eigenvalue weighted by Crippen LogP contribution is 2.38. The van der Waals surface area contributed by atoms with Crippen LogP contribution in [-0.2, 0) is 16.1 Å². The predicted octanol–water partition coefficient (Wildman–Crippen LogP) is 6.57. The molecule has 2 heterocycles. The number of hydrogen-bond acceptors (Lipinski definition) is 8. The van der Waals surface area contributed by atoms with Gasteiger partial charge in [0.15, 0.2) is 16.3 Å². The Bertz CT molecular complexity index is 2010. The summed E-state index contributed by atoms with van der Waals surface area (Å²) in [5.74, 6) is 0.859. The van der Waals surface area contributed by atoms with Gasteiger partial charge in [0.05, 0.1) is 40.7 Å². The van der Waals surface area contributed by atoms with E-state index in [0.717, 1.165) is 9.13 Å². The second kappa shape index (κ2) is 13.5. The van der Waals surface area contributed by atoms with Crippen molar-refractivity contribution in [1.82, 2.24) is 4.57 Å². The number of halogens is 4. The lowest BCUT2D eigenvalue weighted by molar-refractivity contribution is -0.136. The van der Waals surface area contributed by atoms with Crippen molar-refractivity contribution in [2.45, 2.75) is 19.6 Å². The zero-order chi connectivity index (χ0) is 31.7. The Morgan fingerprint density at radius 3 is 2.41 bits per heavy atom. The first-order chi connectivity index (χ1) is 21.1. The van der Waals surface area contributed by atoms with Gasteiger partial charge in [-0.25, -0.2) is 9.79 Å². The normalized spacial score (nSPS) is 14.6. The van der Waals surface area contributed by atoms with Crippen LogP contribution in [-0.4, -0.2) is 31.9 Å². The van der Waals surface area contributed by atoms with E-state index in [1.165, 1.54) is 30.1 Å². The molecule has 0 bridgehead atoms. The molecule has 1 aromatic heterocycles. The molecule has 8 nitrogen and oxygen atoms in total. The predicted molar refractivity (Wildman–Crippen MR) is 180 cm³/mol. The fraction of sp³-hybridized carbons (Fsp3) is 0.194. The van der Waals surface area contributed by atoms with E-state index in [9.17, 15) is 9.59 Å². The summed E-state index contributed by atoms with van der Waals surface area (Å²) in [4.78, 5) is 32.1. The van der Waals surface area contributed by atoms with Crippen molar-refractivity contribution in [3.63, 3.8) is 0 Å². The largest absolute Gasteiger partial charge is 0.496 e. The van der Waals surface area contributed by atoms with Crippen molar-refractivity contribution in [2.75, 3.05) is 21.3 Å². The van der Waals surface area contributed by atoms with Crippen LogP contribution in [0.25, 0.3) is 6.08 Å². The standard InChI is InChI=1S/C31H24Cl3IN2O6S/c1-15-26(30(39)42-4)27(20-12-18(32)7-8-23(20)40-2)37-29(38)25(44-31(37)36-15)11-16-9-22(35)28(24(10-16)41-3)43-14-17-5-6-19(33)13-21(17)34/h5-13,27H,14H2,1-4H3/b25-11-/t27-/m1/s1. The van der Waals surface area contributed by atoms with Gasteiger partial charge in [-0.15, -0.1) is 0 Å². The Morgan fingerprint density at radius 1 is 1.02 bits per heavy atom. The zero-order valence-corrected chi connectivity index (χ0v) is 29.0. The monoisotopic (exact) mass is 784 g/mol. The number of allylic oxidation sites excluding steroid dienone is 1. The summed E-state index contributed by atoms with van der Waals surface area (Å²) in [5.41, 5.74) is 2.30. The molecular formula is C31H24Cl3IN2O6S. The minimum Gasteiger partial charge on any atom is -0.496 e. The fourth-order valence-electron chi connectivity index (χ4n) is 4.81. The van der Waals surface area contributed by atoms with Crippen LogP contribution in [0, 0.1) is 3.57 Å². The van der Waals surface area contributed by atoms with E-state index < -0.39 is 12.0 Å². The number of thiazole rings is 1. The topological polar surface area (TPSA) is 88.4 Å². The van der Waals surface area contributed by atoms with Gasteiger partial charge in [-0.05, 0) is 83.6 Å². The maximum Gasteiger partial charge on any atom is 0.338 e. The number of benzene rings is 3. The molecule has 0 unspecified atom stereocenters. The molecule has 0 amide bonds. The van der Waals surface area contributed by atoms with Crippen LogP contribution in [0.4, 0.5) is 0 Å². The van der Waals surface area contributed by atoms with Crippen LogP contribution < -0.4 is 29.1 Å². The van der Waals surface area contributed by atoms with Gasteiger partial charge in [-0.1, -0.05) is 52.2 Å². The van der Waals surface area contributed by atoms with Gasteiger partial charge in [-0.3, -0.25) is 9.36 Å². The van der Waals surface area contributed by atoms with Crippen molar-refractivity contribution in [3.05, 3.63) is 115 Å². The number of carbonyl (C=O) groups excluding carboxylic acids is 1. The average Bonchev–Trinajstić information content (AvgIpc) is 3.29. The van der Waals surface area contributed by atoms with Gasteiger partial charge in [0.25, 0.3) is 5.56 Å². The van der Waals surface area contributed by atoms with Crippen molar-refractivity contribution in [2.24, 2.45) is 4.99 Å². The summed E-state index contributed by atoms with van der Waals surface area (Å²) in [6, 6.07) is 13.0. The Kier molecular flexibility index (Phi) is 9.96. The number of nitrogens with zero attached hydrogens (tertiary/aromatic N) is 2. The second-order valence-corrected chi connectivity index (χ2v) is 13.0. The maximum absolute atomic E-state index is 14.0. The molecule has 3 aromatic carbocycles. The molecule has 44 heavy (non-hydrogen) atoms. The van der Waals surface area contributed by atoms with Crippen molar-refractivity contribution >= 4 is 80.8 Å². The molecule has 1 atom stereocenters. The minimum absolute atomic E-state index is 0.204. The lowest BCUT2D eigenvalue weighted by Gasteiger charge is -2.25. The average molecular weight is 786 g/mol. The molecule has 228 valence electrons. The Balaban J connectivity index is 1.60. The summed E-state index contributed by atoms with van der Waals surface area (Å²) in [6.45, 7) is 1.91. The first-order valence-corrected chi connectivity index (χ1v) is 16.0. The number of aromatic nitrogens is 1. The molecule has 1 aliphatic rings. The minimum atomic E-state index is -0.875. The van der Waals surface area contributed by atoms with Crippen molar-refractivity contribution in [3.8, 4) is 17.2 Å². The lowest BCUT2D eigenvalue weighted by Crippen LogP contribution is -2.40. The van der Waals surface area contributed by atoms with Crippen LogP contribution in [0.1, 0.15) is 29.7 Å². The molecule has 0 radical (unpaired) electrons. The van der Waals surface area contributed by atoms with E-state index >= 15 is 0 Å². The molecule has 13 heteroatoms. The van der Waals surface area contributed by atoms with E-state index in [4.69, 9.17) is 53.8 Å². The van der Waals surface area contributed by atoms with Crippen molar-refractivity contribution in [1.29, 1.82) is 0 Å². The van der Waals surface area contributed by atoms with E-state index in [0.29, 0.717) is 58.5 Å². The molecular weight excluding hydrogens is 762 g/mol. The Labute approximate surface area is 285 Å². The third kappa shape index (κ3) is 6.36. The first-order valence-electron chi connectivity index (χ1n) is 12.9. The molecule has 0 fully saturated rings. The molecule has 5 rings (SSSR count). The van der Waals surface area contributed by atoms with Crippen LogP contribution in [0.5, 0.6) is 17.2 Å². The number of esters is 1. The number of methoxy groups -OCH3 is 3. The number of carbonyl (C=O) groups is 1. The van der Waals surface area contributed by atoms with Crippen molar-refractivity contribution < 1.29 is 23.7 Å². The van der Waals surface area contributed by atoms with Gasteiger partial charge >= 0.3 is 5.97 Å². The molecule has 0 spiro atoms. The van der Waals surface area contributed by atoms with Gasteiger partial charge in [0, 0.05) is 26.2 Å². The van der Waals surface area contributed by atoms with Crippen LogP contribution >= 0.6 is 68.7 Å². The van der Waals surface area contributed by atoms with Crippen LogP contribution in [0.3, 0.4) is 0 Å². The van der Waals surface area contributed by atoms with Crippen LogP contribution in [0.15, 0.2) is 69.6 Å². The number of ether oxygens (including phenoxy) is 4. The number of rotatable bonds is 8. The quantitative estimate of drug-likeness (QED) is 0.149. The maximum atomic E-state index is 14.0. The molecule has 1 aliphatic heterocycles. The van der Waals surface area contributed by atoms with E-state index in [2.05, 4.69) is 27.6 Å². The summed E-state index contributed by atoms with van der Waals surface area (Å²) in [6.07, 6.45) is 1.75. The van der Waals surface area contributed by atoms with Gasteiger partial charge in [0.2, 0.25) is 0 Å². The molecule has 0 saturated heterocycles. The summed E-state index contributed by atoms with van der Waals surface area (Å²) >= 11 is 22.1. The Hall–Kier alpha value is -3.03.